The van der Waals surface area contributed by atoms with E-state index in [0.717, 1.165) is 11.8 Å². The Labute approximate surface area is 126 Å². The minimum Gasteiger partial charge on any atom is -0.0776 e. The second-order valence-corrected chi connectivity index (χ2v) is 6.95. The van der Waals surface area contributed by atoms with Gasteiger partial charge in [-0.15, -0.1) is 0 Å². The van der Waals surface area contributed by atoms with Crippen LogP contribution in [0, 0.1) is 23.2 Å². The van der Waals surface area contributed by atoms with Crippen LogP contribution in [0.4, 0.5) is 0 Å². The molecule has 0 nitrogen and oxygen atoms in total. The Morgan fingerprint density at radius 1 is 1.05 bits per heavy atom. The molecule has 112 valence electrons. The lowest BCUT2D eigenvalue weighted by Gasteiger charge is -2.50. The Hall–Kier alpha value is -0.780. The molecule has 0 spiro atoms. The fraction of sp³-hybridized carbons (Fsp3) is 0.700. The summed E-state index contributed by atoms with van der Waals surface area (Å²) in [5.41, 5.74) is 3.75. The summed E-state index contributed by atoms with van der Waals surface area (Å²) in [6, 6.07) is 0. The van der Waals surface area contributed by atoms with Crippen LogP contribution in [0.3, 0.4) is 0 Å². The smallest absolute Gasteiger partial charge is 0.00418 e. The van der Waals surface area contributed by atoms with E-state index >= 15 is 0 Å². The first-order chi connectivity index (χ1) is 9.61. The molecular weight excluding hydrogens is 240 g/mol. The third-order valence-corrected chi connectivity index (χ3v) is 5.71. The Bertz CT molecular complexity index is 423. The second kappa shape index (κ2) is 6.33. The van der Waals surface area contributed by atoms with E-state index in [1.54, 1.807) is 11.1 Å². The minimum absolute atomic E-state index is 0.455. The second-order valence-electron chi connectivity index (χ2n) is 6.95. The first kappa shape index (κ1) is 15.6. The summed E-state index contributed by atoms with van der Waals surface area (Å²) in [5.74, 6) is 2.42. The zero-order valence-corrected chi connectivity index (χ0v) is 14.1. The molecule has 0 aromatic heterocycles. The van der Waals surface area contributed by atoms with Gasteiger partial charge in [0.1, 0.15) is 0 Å². The van der Waals surface area contributed by atoms with E-state index in [9.17, 15) is 0 Å². The molecule has 0 aliphatic heterocycles. The topological polar surface area (TPSA) is 0 Å². The monoisotopic (exact) mass is 272 g/mol. The van der Waals surface area contributed by atoms with Crippen molar-refractivity contribution in [2.24, 2.45) is 23.2 Å². The van der Waals surface area contributed by atoms with Crippen LogP contribution >= 0.6 is 0 Å². The van der Waals surface area contributed by atoms with Crippen LogP contribution in [-0.4, -0.2) is 0 Å². The van der Waals surface area contributed by atoms with Gasteiger partial charge in [-0.3, -0.25) is 0 Å². The molecule has 4 atom stereocenters. The van der Waals surface area contributed by atoms with Gasteiger partial charge in [0.25, 0.3) is 0 Å². The van der Waals surface area contributed by atoms with Crippen molar-refractivity contribution in [3.8, 4) is 0 Å². The third-order valence-electron chi connectivity index (χ3n) is 5.71. The molecule has 1 fully saturated rings. The van der Waals surface area contributed by atoms with E-state index in [1.807, 2.05) is 13.8 Å². The highest BCUT2D eigenvalue weighted by atomic mass is 14.5. The lowest BCUT2D eigenvalue weighted by atomic mass is 9.55. The average molecular weight is 272 g/mol. The highest BCUT2D eigenvalue weighted by Gasteiger charge is 2.45. The Kier molecular flexibility index (Phi) is 4.94. The van der Waals surface area contributed by atoms with Crippen LogP contribution < -0.4 is 0 Å². The maximum atomic E-state index is 2.54. The molecule has 20 heavy (non-hydrogen) atoms. The van der Waals surface area contributed by atoms with Gasteiger partial charge in [-0.2, -0.15) is 0 Å². The molecule has 0 aromatic rings. The van der Waals surface area contributed by atoms with Crippen LogP contribution in [-0.2, 0) is 0 Å². The lowest BCUT2D eigenvalue weighted by Crippen LogP contribution is -2.40. The molecule has 0 heteroatoms. The number of hydrogen-bond acceptors (Lipinski definition) is 0. The average Bonchev–Trinajstić information content (AvgIpc) is 2.64. The molecule has 0 saturated heterocycles. The summed E-state index contributed by atoms with van der Waals surface area (Å²) in [6.45, 7) is 11.3. The fourth-order valence-electron chi connectivity index (χ4n) is 4.61. The van der Waals surface area contributed by atoms with Crippen LogP contribution in [0.15, 0.2) is 35.5 Å². The van der Waals surface area contributed by atoms with Gasteiger partial charge in [-0.1, -0.05) is 71.8 Å². The summed E-state index contributed by atoms with van der Waals surface area (Å²) < 4.78 is 0. The molecule has 0 radical (unpaired) electrons. The largest absolute Gasteiger partial charge is 0.0776 e. The summed E-state index contributed by atoms with van der Waals surface area (Å²) in [4.78, 5) is 0. The van der Waals surface area contributed by atoms with Gasteiger partial charge in [0.05, 0.1) is 0 Å². The molecule has 3 rings (SSSR count). The van der Waals surface area contributed by atoms with Crippen molar-refractivity contribution in [2.75, 3.05) is 0 Å². The van der Waals surface area contributed by atoms with E-state index in [-0.39, 0.29) is 0 Å². The molecule has 4 unspecified atom stereocenters. The highest BCUT2D eigenvalue weighted by molar-refractivity contribution is 5.43. The van der Waals surface area contributed by atoms with Gasteiger partial charge in [-0.05, 0) is 53.6 Å². The van der Waals surface area contributed by atoms with Gasteiger partial charge >= 0.3 is 0 Å². The SMILES string of the molecule is CC.CC1C=CC2=C(C=C1)C1(C)CCCC(C)C1CC2. The van der Waals surface area contributed by atoms with Crippen molar-refractivity contribution in [3.05, 3.63) is 35.5 Å². The minimum atomic E-state index is 0.455. The van der Waals surface area contributed by atoms with E-state index in [1.165, 1.54) is 32.1 Å². The van der Waals surface area contributed by atoms with E-state index in [2.05, 4.69) is 45.1 Å². The molecule has 0 amide bonds. The standard InChI is InChI=1S/C18H26.C2H6/c1-13-6-8-15-9-11-16-14(2)5-4-12-18(16,3)17(15)10-7-13;1-2/h6-8,10,13-14,16H,4-5,9,11-12H2,1-3H3;1-2H3. The molecule has 3 aliphatic carbocycles. The zero-order valence-electron chi connectivity index (χ0n) is 14.1. The normalized spacial score (nSPS) is 39.4. The summed E-state index contributed by atoms with van der Waals surface area (Å²) in [6.07, 6.45) is 16.6. The van der Waals surface area contributed by atoms with Crippen molar-refractivity contribution in [3.63, 3.8) is 0 Å². The lowest BCUT2D eigenvalue weighted by molar-refractivity contribution is 0.0859. The molecule has 0 heterocycles. The Morgan fingerprint density at radius 3 is 2.50 bits per heavy atom. The van der Waals surface area contributed by atoms with E-state index < -0.39 is 0 Å². The van der Waals surface area contributed by atoms with Gasteiger partial charge in [-0.25, -0.2) is 0 Å². The van der Waals surface area contributed by atoms with Gasteiger partial charge in [0.15, 0.2) is 0 Å². The van der Waals surface area contributed by atoms with Crippen molar-refractivity contribution < 1.29 is 0 Å². The molecule has 0 N–H and O–H groups in total. The van der Waals surface area contributed by atoms with Crippen molar-refractivity contribution in [1.29, 1.82) is 0 Å². The quantitative estimate of drug-likeness (QED) is 0.485. The first-order valence-corrected chi connectivity index (χ1v) is 8.71. The molecule has 1 saturated carbocycles. The van der Waals surface area contributed by atoms with Crippen LogP contribution in [0.5, 0.6) is 0 Å². The van der Waals surface area contributed by atoms with Gasteiger partial charge < -0.3 is 0 Å². The molecule has 0 aromatic carbocycles. The fourth-order valence-corrected chi connectivity index (χ4v) is 4.61. The maximum absolute atomic E-state index is 2.54. The van der Waals surface area contributed by atoms with Crippen LogP contribution in [0.2, 0.25) is 0 Å². The predicted molar refractivity (Wildman–Crippen MR) is 89.7 cm³/mol. The molecule has 0 bridgehead atoms. The zero-order chi connectivity index (χ0) is 14.8. The van der Waals surface area contributed by atoms with Crippen LogP contribution in [0.1, 0.15) is 66.7 Å². The molecular formula is C20H32. The van der Waals surface area contributed by atoms with E-state index in [4.69, 9.17) is 0 Å². The summed E-state index contributed by atoms with van der Waals surface area (Å²) in [5, 5.41) is 0. The Balaban J connectivity index is 0.000000704. The van der Waals surface area contributed by atoms with Gasteiger partial charge in [0, 0.05) is 0 Å². The van der Waals surface area contributed by atoms with Crippen LogP contribution in [0.25, 0.3) is 0 Å². The van der Waals surface area contributed by atoms with E-state index in [0.29, 0.717) is 11.3 Å². The predicted octanol–water partition coefficient (Wildman–Crippen LogP) is 6.31. The number of hydrogen-bond donors (Lipinski definition) is 0. The van der Waals surface area contributed by atoms with Gasteiger partial charge in [0.2, 0.25) is 0 Å². The number of fused-ring (bicyclic) bond motifs is 2. The molecule has 3 aliphatic rings. The Morgan fingerprint density at radius 2 is 1.75 bits per heavy atom. The first-order valence-electron chi connectivity index (χ1n) is 8.71. The number of rotatable bonds is 0. The van der Waals surface area contributed by atoms with Crippen molar-refractivity contribution >= 4 is 0 Å². The highest BCUT2D eigenvalue weighted by Crippen LogP contribution is 2.55. The summed E-state index contributed by atoms with van der Waals surface area (Å²) in [7, 11) is 0. The maximum Gasteiger partial charge on any atom is -0.00418 e. The third kappa shape index (κ3) is 2.67. The number of allylic oxidation sites excluding steroid dienone is 6. The van der Waals surface area contributed by atoms with Crippen molar-refractivity contribution in [1.82, 2.24) is 0 Å². The van der Waals surface area contributed by atoms with Crippen molar-refractivity contribution in [2.45, 2.75) is 66.7 Å². The summed E-state index contributed by atoms with van der Waals surface area (Å²) >= 11 is 0.